The van der Waals surface area contributed by atoms with Crippen molar-refractivity contribution in [3.8, 4) is 23.0 Å². The van der Waals surface area contributed by atoms with Gasteiger partial charge in [-0.2, -0.15) is 0 Å². The first-order valence-electron chi connectivity index (χ1n) is 12.0. The van der Waals surface area contributed by atoms with Gasteiger partial charge in [-0.25, -0.2) is 4.79 Å². The molecule has 1 aliphatic rings. The van der Waals surface area contributed by atoms with E-state index in [-0.39, 0.29) is 31.3 Å². The van der Waals surface area contributed by atoms with E-state index in [1.807, 2.05) is 43.3 Å². The summed E-state index contributed by atoms with van der Waals surface area (Å²) >= 11 is 0. The molecule has 184 valence electrons. The molecule has 0 aromatic heterocycles. The summed E-state index contributed by atoms with van der Waals surface area (Å²) in [4.78, 5) is 38.2. The van der Waals surface area contributed by atoms with Crippen LogP contribution in [0.2, 0.25) is 0 Å². The Hall–Kier alpha value is -3.79. The monoisotopic (exact) mass is 476 g/mol. The van der Waals surface area contributed by atoms with Gasteiger partial charge in [0, 0.05) is 31.8 Å². The van der Waals surface area contributed by atoms with Crippen LogP contribution in [0.1, 0.15) is 56.6 Å². The molecule has 0 bridgehead atoms. The summed E-state index contributed by atoms with van der Waals surface area (Å²) in [5.41, 5.74) is 4.52. The maximum Gasteiger partial charge on any atom is 0.407 e. The third-order valence-corrected chi connectivity index (χ3v) is 6.18. The highest BCUT2D eigenvalue weighted by Gasteiger charge is 2.30. The summed E-state index contributed by atoms with van der Waals surface area (Å²) in [5, 5.41) is 11.5. The average molecular weight is 477 g/mol. The summed E-state index contributed by atoms with van der Waals surface area (Å²) in [7, 11) is 0. The highest BCUT2D eigenvalue weighted by atomic mass is 16.5. The number of alkyl carbamates (subject to hydrolysis) is 1. The highest BCUT2D eigenvalue weighted by molar-refractivity contribution is 5.86. The zero-order valence-corrected chi connectivity index (χ0v) is 20.3. The van der Waals surface area contributed by atoms with E-state index in [0.29, 0.717) is 25.9 Å². The molecule has 1 atom stereocenters. The van der Waals surface area contributed by atoms with Gasteiger partial charge in [0.25, 0.3) is 0 Å². The summed E-state index contributed by atoms with van der Waals surface area (Å²) in [5.74, 6) is 4.47. The molecule has 3 rings (SSSR count). The molecule has 0 saturated heterocycles. The predicted molar refractivity (Wildman–Crippen MR) is 134 cm³/mol. The largest absolute Gasteiger partial charge is 0.481 e. The van der Waals surface area contributed by atoms with Crippen LogP contribution in [-0.2, 0) is 14.3 Å². The fraction of sp³-hybridized carbons (Fsp3) is 0.393. The van der Waals surface area contributed by atoms with Crippen molar-refractivity contribution in [2.45, 2.75) is 51.5 Å². The zero-order chi connectivity index (χ0) is 25.2. The second-order valence-electron chi connectivity index (χ2n) is 8.42. The van der Waals surface area contributed by atoms with E-state index in [1.165, 1.54) is 0 Å². The van der Waals surface area contributed by atoms with Crippen LogP contribution in [0.3, 0.4) is 0 Å². The van der Waals surface area contributed by atoms with E-state index in [4.69, 9.17) is 9.84 Å². The number of likely N-dealkylation sites (N-methyl/N-ethyl adjacent to an activating group) is 1. The number of carboxylic acid groups (broad SMARTS) is 1. The van der Waals surface area contributed by atoms with Gasteiger partial charge in [0.2, 0.25) is 5.91 Å². The maximum absolute atomic E-state index is 13.1. The quantitative estimate of drug-likeness (QED) is 0.370. The standard InChI is InChI=1S/C28H32N2O5/c1-3-5-16-25(27(33)30(4-2)18-11-10-17-26(31)32)29-28(34)35-19-24-22-14-8-6-12-20(22)21-13-7-9-15-23(21)24/h6-9,12-15,24-25H,4,10-11,16-19H2,1-2H3,(H,29,34)(H,31,32). The number of carboxylic acids is 1. The van der Waals surface area contributed by atoms with Crippen LogP contribution in [0.25, 0.3) is 11.1 Å². The second kappa shape index (κ2) is 12.6. The lowest BCUT2D eigenvalue weighted by molar-refractivity contribution is -0.137. The Balaban J connectivity index is 1.63. The number of amides is 2. The Morgan fingerprint density at radius 3 is 2.26 bits per heavy atom. The molecule has 2 aromatic carbocycles. The molecule has 1 aliphatic carbocycles. The molecule has 0 heterocycles. The second-order valence-corrected chi connectivity index (χ2v) is 8.42. The first-order chi connectivity index (χ1) is 17.0. The molecule has 2 aromatic rings. The number of fused-ring (bicyclic) bond motifs is 3. The predicted octanol–water partition coefficient (Wildman–Crippen LogP) is 4.41. The number of nitrogens with one attached hydrogen (secondary N) is 1. The molecule has 1 unspecified atom stereocenters. The third-order valence-electron chi connectivity index (χ3n) is 6.18. The van der Waals surface area contributed by atoms with E-state index < -0.39 is 18.1 Å². The molecule has 0 aliphatic heterocycles. The van der Waals surface area contributed by atoms with Crippen molar-refractivity contribution in [3.63, 3.8) is 0 Å². The molecule has 2 N–H and O–H groups in total. The van der Waals surface area contributed by atoms with Crippen molar-refractivity contribution in [2.75, 3.05) is 19.7 Å². The molecule has 0 fully saturated rings. The van der Waals surface area contributed by atoms with Crippen LogP contribution in [0.15, 0.2) is 48.5 Å². The Labute approximate surface area is 206 Å². The fourth-order valence-electron chi connectivity index (χ4n) is 4.41. The number of benzene rings is 2. The van der Waals surface area contributed by atoms with Crippen molar-refractivity contribution < 1.29 is 24.2 Å². The van der Waals surface area contributed by atoms with Crippen molar-refractivity contribution in [2.24, 2.45) is 0 Å². The highest BCUT2D eigenvalue weighted by Crippen LogP contribution is 2.44. The lowest BCUT2D eigenvalue weighted by Gasteiger charge is -2.26. The summed E-state index contributed by atoms with van der Waals surface area (Å²) in [6.07, 6.45) is 0.631. The van der Waals surface area contributed by atoms with Crippen LogP contribution in [0.5, 0.6) is 0 Å². The Kier molecular flexibility index (Phi) is 9.31. The normalized spacial score (nSPS) is 12.5. The molecule has 0 spiro atoms. The molecule has 7 nitrogen and oxygen atoms in total. The van der Waals surface area contributed by atoms with Crippen molar-refractivity contribution in [1.82, 2.24) is 10.2 Å². The molecular weight excluding hydrogens is 444 g/mol. The topological polar surface area (TPSA) is 95.9 Å². The summed E-state index contributed by atoms with van der Waals surface area (Å²) in [6, 6.07) is 15.4. The number of carbonyl (C=O) groups excluding carboxylic acids is 2. The van der Waals surface area contributed by atoms with E-state index >= 15 is 0 Å². The molecule has 7 heteroatoms. The van der Waals surface area contributed by atoms with Crippen LogP contribution < -0.4 is 5.32 Å². The number of carbonyl (C=O) groups is 3. The van der Waals surface area contributed by atoms with Gasteiger partial charge in [0.05, 0.1) is 0 Å². The van der Waals surface area contributed by atoms with Crippen LogP contribution in [0, 0.1) is 11.8 Å². The van der Waals surface area contributed by atoms with E-state index in [9.17, 15) is 14.4 Å². The smallest absolute Gasteiger partial charge is 0.407 e. The van der Waals surface area contributed by atoms with Crippen LogP contribution in [0.4, 0.5) is 4.79 Å². The number of hydrogen-bond donors (Lipinski definition) is 2. The van der Waals surface area contributed by atoms with Crippen LogP contribution in [-0.4, -0.2) is 53.7 Å². The van der Waals surface area contributed by atoms with Gasteiger partial charge in [-0.1, -0.05) is 48.5 Å². The first-order valence-corrected chi connectivity index (χ1v) is 12.0. The van der Waals surface area contributed by atoms with Crippen molar-refractivity contribution in [1.29, 1.82) is 0 Å². The number of ether oxygens (including phenoxy) is 1. The van der Waals surface area contributed by atoms with Crippen LogP contribution >= 0.6 is 0 Å². The summed E-state index contributed by atoms with van der Waals surface area (Å²) in [6.45, 7) is 4.57. The van der Waals surface area contributed by atoms with Gasteiger partial charge < -0.3 is 20.1 Å². The zero-order valence-electron chi connectivity index (χ0n) is 20.3. The Bertz CT molecular complexity index is 1070. The Morgan fingerprint density at radius 2 is 1.69 bits per heavy atom. The molecule has 2 amide bonds. The minimum Gasteiger partial charge on any atom is -0.481 e. The first kappa shape index (κ1) is 25.8. The number of nitrogens with zero attached hydrogens (tertiary/aromatic N) is 1. The van der Waals surface area contributed by atoms with Gasteiger partial charge in [-0.3, -0.25) is 9.59 Å². The number of unbranched alkanes of at least 4 members (excludes halogenated alkanes) is 1. The lowest BCUT2D eigenvalue weighted by Crippen LogP contribution is -2.49. The minimum atomic E-state index is -0.854. The van der Waals surface area contributed by atoms with E-state index in [1.54, 1.807) is 11.8 Å². The van der Waals surface area contributed by atoms with E-state index in [0.717, 1.165) is 22.3 Å². The van der Waals surface area contributed by atoms with Gasteiger partial charge in [-0.05, 0) is 48.9 Å². The summed E-state index contributed by atoms with van der Waals surface area (Å²) < 4.78 is 5.60. The van der Waals surface area contributed by atoms with Gasteiger partial charge in [-0.15, -0.1) is 11.8 Å². The fourth-order valence-corrected chi connectivity index (χ4v) is 4.41. The number of hydrogen-bond acceptors (Lipinski definition) is 4. The molecule has 0 saturated carbocycles. The molecular formula is C28H32N2O5. The maximum atomic E-state index is 13.1. The average Bonchev–Trinajstić information content (AvgIpc) is 3.18. The SMILES string of the molecule is CC#CCC(NC(=O)OCC1c2ccccc2-c2ccccc21)C(=O)N(CC)CCCCC(=O)O. The number of rotatable bonds is 11. The minimum absolute atomic E-state index is 0.0640. The van der Waals surface area contributed by atoms with Gasteiger partial charge >= 0.3 is 12.1 Å². The Morgan fingerprint density at radius 1 is 1.06 bits per heavy atom. The lowest BCUT2D eigenvalue weighted by atomic mass is 9.98. The van der Waals surface area contributed by atoms with Crippen molar-refractivity contribution >= 4 is 18.0 Å². The third kappa shape index (κ3) is 6.63. The van der Waals surface area contributed by atoms with E-state index in [2.05, 4.69) is 29.3 Å². The number of aliphatic carboxylic acids is 1. The molecule has 0 radical (unpaired) electrons. The molecule has 35 heavy (non-hydrogen) atoms. The van der Waals surface area contributed by atoms with Gasteiger partial charge in [0.1, 0.15) is 12.6 Å². The van der Waals surface area contributed by atoms with Crippen molar-refractivity contribution in [3.05, 3.63) is 59.7 Å². The van der Waals surface area contributed by atoms with Gasteiger partial charge in [0.15, 0.2) is 0 Å².